The first-order chi connectivity index (χ1) is 15.1. The summed E-state index contributed by atoms with van der Waals surface area (Å²) in [5, 5.41) is 3.38. The Hall–Kier alpha value is -3.19. The Morgan fingerprint density at radius 3 is 2.77 bits per heavy atom. The summed E-state index contributed by atoms with van der Waals surface area (Å²) < 4.78 is 12.9. The molecule has 0 unspecified atom stereocenters. The van der Waals surface area contributed by atoms with E-state index in [1.807, 2.05) is 42.0 Å². The van der Waals surface area contributed by atoms with Crippen LogP contribution in [-0.2, 0) is 13.1 Å². The van der Waals surface area contributed by atoms with Gasteiger partial charge in [0.2, 0.25) is 0 Å². The number of hydrogen-bond acceptors (Lipinski definition) is 4. The van der Waals surface area contributed by atoms with E-state index in [9.17, 15) is 4.79 Å². The van der Waals surface area contributed by atoms with Gasteiger partial charge < -0.3 is 24.3 Å². The molecule has 0 radical (unpaired) electrons. The second-order valence-corrected chi connectivity index (χ2v) is 7.30. The van der Waals surface area contributed by atoms with E-state index in [0.717, 1.165) is 24.3 Å². The summed E-state index contributed by atoms with van der Waals surface area (Å²) in [6, 6.07) is 12.7. The van der Waals surface area contributed by atoms with E-state index in [0.29, 0.717) is 36.2 Å². The van der Waals surface area contributed by atoms with Gasteiger partial charge in [0.1, 0.15) is 11.5 Å². The van der Waals surface area contributed by atoms with Crippen LogP contribution in [0.3, 0.4) is 0 Å². The maximum absolute atomic E-state index is 13.1. The van der Waals surface area contributed by atoms with E-state index < -0.39 is 0 Å². The highest BCUT2D eigenvalue weighted by molar-refractivity contribution is 6.32. The SMILES string of the molecule is CCOc1ccccc1CN(CCCn1ccnc1)C(=O)Nc1ccc(OC)c(Cl)c1. The summed E-state index contributed by atoms with van der Waals surface area (Å²) >= 11 is 6.20. The molecule has 3 rings (SSSR count). The minimum atomic E-state index is -0.210. The van der Waals surface area contributed by atoms with Crippen molar-refractivity contribution in [3.8, 4) is 11.5 Å². The lowest BCUT2D eigenvalue weighted by Crippen LogP contribution is -2.35. The van der Waals surface area contributed by atoms with Gasteiger partial charge in [-0.15, -0.1) is 0 Å². The highest BCUT2D eigenvalue weighted by atomic mass is 35.5. The van der Waals surface area contributed by atoms with Gasteiger partial charge in [0.15, 0.2) is 0 Å². The van der Waals surface area contributed by atoms with Crippen LogP contribution < -0.4 is 14.8 Å². The molecule has 0 bridgehead atoms. The Labute approximate surface area is 187 Å². The number of amides is 2. The highest BCUT2D eigenvalue weighted by Gasteiger charge is 2.17. The molecule has 1 N–H and O–H groups in total. The van der Waals surface area contributed by atoms with Gasteiger partial charge in [-0.3, -0.25) is 0 Å². The number of methoxy groups -OCH3 is 1. The van der Waals surface area contributed by atoms with Crippen molar-refractivity contribution in [3.05, 3.63) is 71.8 Å². The standard InChI is InChI=1S/C23H27ClN4O3/c1-3-31-21-8-5-4-7-18(21)16-28(13-6-12-27-14-11-25-17-27)23(29)26-19-9-10-22(30-2)20(24)15-19/h4-5,7-11,14-15,17H,3,6,12-13,16H2,1-2H3,(H,26,29). The molecule has 2 amide bonds. The van der Waals surface area contributed by atoms with Crippen molar-refractivity contribution in [1.82, 2.24) is 14.5 Å². The molecule has 0 atom stereocenters. The van der Waals surface area contributed by atoms with Gasteiger partial charge in [-0.2, -0.15) is 0 Å². The molecule has 7 nitrogen and oxygen atoms in total. The van der Waals surface area contributed by atoms with Gasteiger partial charge in [0, 0.05) is 36.7 Å². The van der Waals surface area contributed by atoms with Crippen LogP contribution in [0, 0.1) is 0 Å². The number of anilines is 1. The monoisotopic (exact) mass is 442 g/mol. The molecule has 1 heterocycles. The molecule has 0 aliphatic heterocycles. The van der Waals surface area contributed by atoms with Gasteiger partial charge in [0.05, 0.1) is 31.6 Å². The van der Waals surface area contributed by atoms with Crippen LogP contribution in [0.4, 0.5) is 10.5 Å². The molecular formula is C23H27ClN4O3. The van der Waals surface area contributed by atoms with Crippen molar-refractivity contribution in [1.29, 1.82) is 0 Å². The second-order valence-electron chi connectivity index (χ2n) is 6.90. The number of rotatable bonds is 10. The number of carbonyl (C=O) groups excluding carboxylic acids is 1. The number of benzene rings is 2. The summed E-state index contributed by atoms with van der Waals surface area (Å²) in [7, 11) is 1.55. The number of para-hydroxylation sites is 1. The zero-order valence-electron chi connectivity index (χ0n) is 17.8. The van der Waals surface area contributed by atoms with Crippen molar-refractivity contribution in [3.63, 3.8) is 0 Å². The van der Waals surface area contributed by atoms with Crippen LogP contribution in [-0.4, -0.2) is 40.7 Å². The topological polar surface area (TPSA) is 68.6 Å². The van der Waals surface area contributed by atoms with E-state index in [4.69, 9.17) is 21.1 Å². The fourth-order valence-electron chi connectivity index (χ4n) is 3.20. The van der Waals surface area contributed by atoms with Gasteiger partial charge in [-0.25, -0.2) is 9.78 Å². The molecule has 8 heteroatoms. The second kappa shape index (κ2) is 11.3. The third kappa shape index (κ3) is 6.39. The number of ether oxygens (including phenoxy) is 2. The number of nitrogens with one attached hydrogen (secondary N) is 1. The molecule has 0 aliphatic carbocycles. The van der Waals surface area contributed by atoms with Crippen molar-refractivity contribution in [2.24, 2.45) is 0 Å². The van der Waals surface area contributed by atoms with E-state index in [2.05, 4.69) is 10.3 Å². The molecule has 0 saturated carbocycles. The summed E-state index contributed by atoms with van der Waals surface area (Å²) in [4.78, 5) is 19.0. The predicted molar refractivity (Wildman–Crippen MR) is 122 cm³/mol. The summed E-state index contributed by atoms with van der Waals surface area (Å²) in [5.74, 6) is 1.34. The number of nitrogens with zero attached hydrogens (tertiary/aromatic N) is 3. The largest absolute Gasteiger partial charge is 0.495 e. The van der Waals surface area contributed by atoms with Gasteiger partial charge in [-0.05, 0) is 37.6 Å². The van der Waals surface area contributed by atoms with Crippen LogP contribution in [0.15, 0.2) is 61.2 Å². The number of aryl methyl sites for hydroxylation is 1. The van der Waals surface area contributed by atoms with Crippen LogP contribution in [0.1, 0.15) is 18.9 Å². The van der Waals surface area contributed by atoms with Gasteiger partial charge >= 0.3 is 6.03 Å². The molecule has 164 valence electrons. The smallest absolute Gasteiger partial charge is 0.322 e. The number of aromatic nitrogens is 2. The first-order valence-corrected chi connectivity index (χ1v) is 10.5. The quantitative estimate of drug-likeness (QED) is 0.476. The Kier molecular flexibility index (Phi) is 8.18. The maximum atomic E-state index is 13.1. The number of hydrogen-bond donors (Lipinski definition) is 1. The minimum absolute atomic E-state index is 0.210. The fourth-order valence-corrected chi connectivity index (χ4v) is 3.46. The first kappa shape index (κ1) is 22.5. The summed E-state index contributed by atoms with van der Waals surface area (Å²) in [5.41, 5.74) is 1.56. The number of carbonyl (C=O) groups is 1. The molecular weight excluding hydrogens is 416 g/mol. The molecule has 1 aromatic heterocycles. The number of urea groups is 1. The van der Waals surface area contributed by atoms with Crippen LogP contribution in [0.25, 0.3) is 0 Å². The van der Waals surface area contributed by atoms with Crippen LogP contribution in [0.2, 0.25) is 5.02 Å². The Morgan fingerprint density at radius 2 is 2.06 bits per heavy atom. The van der Waals surface area contributed by atoms with E-state index in [-0.39, 0.29) is 6.03 Å². The Morgan fingerprint density at radius 1 is 1.23 bits per heavy atom. The van der Waals surface area contributed by atoms with Crippen molar-refractivity contribution < 1.29 is 14.3 Å². The maximum Gasteiger partial charge on any atom is 0.322 e. The van der Waals surface area contributed by atoms with E-state index >= 15 is 0 Å². The number of imidazole rings is 1. The molecule has 31 heavy (non-hydrogen) atoms. The molecule has 2 aromatic carbocycles. The average molecular weight is 443 g/mol. The molecule has 0 saturated heterocycles. The van der Waals surface area contributed by atoms with Gasteiger partial charge in [0.25, 0.3) is 0 Å². The molecule has 0 spiro atoms. The summed E-state index contributed by atoms with van der Waals surface area (Å²) in [6.45, 7) is 4.27. The third-order valence-corrected chi connectivity index (χ3v) is 5.02. The molecule has 0 fully saturated rings. The minimum Gasteiger partial charge on any atom is -0.495 e. The fraction of sp³-hybridized carbons (Fsp3) is 0.304. The predicted octanol–water partition coefficient (Wildman–Crippen LogP) is 5.07. The lowest BCUT2D eigenvalue weighted by molar-refractivity contribution is 0.206. The zero-order valence-corrected chi connectivity index (χ0v) is 18.5. The lowest BCUT2D eigenvalue weighted by atomic mass is 10.2. The van der Waals surface area contributed by atoms with E-state index in [1.165, 1.54) is 0 Å². The highest BCUT2D eigenvalue weighted by Crippen LogP contribution is 2.27. The Balaban J connectivity index is 1.73. The van der Waals surface area contributed by atoms with Crippen molar-refractivity contribution in [2.75, 3.05) is 25.6 Å². The molecule has 3 aromatic rings. The van der Waals surface area contributed by atoms with Crippen LogP contribution >= 0.6 is 11.6 Å². The van der Waals surface area contributed by atoms with Crippen LogP contribution in [0.5, 0.6) is 11.5 Å². The number of halogens is 1. The lowest BCUT2D eigenvalue weighted by Gasteiger charge is -2.24. The zero-order chi connectivity index (χ0) is 22.1. The normalized spacial score (nSPS) is 10.5. The Bertz CT molecular complexity index is 979. The van der Waals surface area contributed by atoms with Gasteiger partial charge in [-0.1, -0.05) is 29.8 Å². The third-order valence-electron chi connectivity index (χ3n) is 4.73. The van der Waals surface area contributed by atoms with E-state index in [1.54, 1.807) is 42.7 Å². The molecule has 0 aliphatic rings. The first-order valence-electron chi connectivity index (χ1n) is 10.2. The summed E-state index contributed by atoms with van der Waals surface area (Å²) in [6.07, 6.45) is 6.21. The average Bonchev–Trinajstić information content (AvgIpc) is 3.28. The van der Waals surface area contributed by atoms with Crippen molar-refractivity contribution >= 4 is 23.3 Å². The van der Waals surface area contributed by atoms with Crippen molar-refractivity contribution in [2.45, 2.75) is 26.4 Å².